The largest absolute Gasteiger partial charge is 0.381 e. The first-order chi connectivity index (χ1) is 9.77. The first-order valence-electron chi connectivity index (χ1n) is 7.79. The molecular formula is C17H28N2O. The molecule has 0 spiro atoms. The average Bonchev–Trinajstić information content (AvgIpc) is 2.53. The Hall–Kier alpha value is -0.900. The van der Waals surface area contributed by atoms with E-state index >= 15 is 0 Å². The van der Waals surface area contributed by atoms with E-state index in [-0.39, 0.29) is 0 Å². The highest BCUT2D eigenvalue weighted by Gasteiger charge is 2.29. The van der Waals surface area contributed by atoms with Crippen molar-refractivity contribution in [1.82, 2.24) is 10.2 Å². The number of nitrogens with zero attached hydrogens (tertiary/aromatic N) is 1. The van der Waals surface area contributed by atoms with E-state index in [9.17, 15) is 0 Å². The molecule has 1 aliphatic heterocycles. The highest BCUT2D eigenvalue weighted by atomic mass is 16.5. The van der Waals surface area contributed by atoms with Crippen LogP contribution in [0.4, 0.5) is 0 Å². The van der Waals surface area contributed by atoms with Gasteiger partial charge in [-0.05, 0) is 38.9 Å². The Balaban J connectivity index is 2.12. The Morgan fingerprint density at radius 3 is 2.45 bits per heavy atom. The molecule has 1 heterocycles. The second-order valence-corrected chi connectivity index (χ2v) is 5.66. The van der Waals surface area contributed by atoms with E-state index in [0.717, 1.165) is 32.5 Å². The topological polar surface area (TPSA) is 24.5 Å². The Labute approximate surface area is 123 Å². The van der Waals surface area contributed by atoms with Crippen molar-refractivity contribution in [3.63, 3.8) is 0 Å². The van der Waals surface area contributed by atoms with Crippen molar-refractivity contribution in [2.45, 2.75) is 44.3 Å². The lowest BCUT2D eigenvalue weighted by Gasteiger charge is -2.40. The molecule has 3 nitrogen and oxygen atoms in total. The Morgan fingerprint density at radius 1 is 1.25 bits per heavy atom. The number of rotatable bonds is 6. The van der Waals surface area contributed by atoms with Gasteiger partial charge >= 0.3 is 0 Å². The molecule has 1 saturated heterocycles. The predicted octanol–water partition coefficient (Wildman–Crippen LogP) is 2.84. The molecule has 3 heteroatoms. The molecule has 1 aromatic rings. The van der Waals surface area contributed by atoms with Gasteiger partial charge in [0.15, 0.2) is 0 Å². The molecule has 1 aliphatic rings. The van der Waals surface area contributed by atoms with Gasteiger partial charge in [-0.2, -0.15) is 0 Å². The second kappa shape index (κ2) is 7.77. The highest BCUT2D eigenvalue weighted by molar-refractivity contribution is 5.20. The summed E-state index contributed by atoms with van der Waals surface area (Å²) in [6.07, 6.45) is 3.45. The summed E-state index contributed by atoms with van der Waals surface area (Å²) < 4.78 is 5.49. The summed E-state index contributed by atoms with van der Waals surface area (Å²) in [4.78, 5) is 2.57. The molecule has 2 rings (SSSR count). The van der Waals surface area contributed by atoms with Gasteiger partial charge in [-0.15, -0.1) is 0 Å². The summed E-state index contributed by atoms with van der Waals surface area (Å²) in [6.45, 7) is 4.09. The smallest absolute Gasteiger partial charge is 0.0480 e. The lowest BCUT2D eigenvalue weighted by atomic mass is 9.94. The molecule has 2 unspecified atom stereocenters. The van der Waals surface area contributed by atoms with Crippen LogP contribution in [0.2, 0.25) is 0 Å². The highest BCUT2D eigenvalue weighted by Crippen LogP contribution is 2.26. The maximum absolute atomic E-state index is 5.49. The molecule has 0 amide bonds. The summed E-state index contributed by atoms with van der Waals surface area (Å²) in [5.41, 5.74) is 1.38. The number of likely N-dealkylation sites (N-methyl/N-ethyl adjacent to an activating group) is 2. The van der Waals surface area contributed by atoms with E-state index < -0.39 is 0 Å². The van der Waals surface area contributed by atoms with E-state index in [1.807, 2.05) is 0 Å². The molecule has 1 N–H and O–H groups in total. The van der Waals surface area contributed by atoms with Gasteiger partial charge in [-0.25, -0.2) is 0 Å². The first-order valence-corrected chi connectivity index (χ1v) is 7.79. The molecule has 2 atom stereocenters. The van der Waals surface area contributed by atoms with Crippen molar-refractivity contribution in [2.75, 3.05) is 27.3 Å². The number of hydrogen-bond donors (Lipinski definition) is 1. The zero-order valence-electron chi connectivity index (χ0n) is 13.0. The molecule has 0 radical (unpaired) electrons. The molecule has 1 fully saturated rings. The summed E-state index contributed by atoms with van der Waals surface area (Å²) in [5, 5.41) is 3.52. The van der Waals surface area contributed by atoms with Gasteiger partial charge in [0, 0.05) is 31.3 Å². The zero-order chi connectivity index (χ0) is 14.4. The minimum atomic E-state index is 0.383. The third kappa shape index (κ3) is 3.60. The standard InChI is InChI=1S/C17H28N2O/c1-4-16(19(3)15-10-12-20-13-11-15)17(18-2)14-8-6-5-7-9-14/h5-9,15-18H,4,10-13H2,1-3H3. The molecule has 0 bridgehead atoms. The van der Waals surface area contributed by atoms with Crippen LogP contribution in [-0.4, -0.2) is 44.3 Å². The van der Waals surface area contributed by atoms with Gasteiger partial charge in [0.05, 0.1) is 0 Å². The van der Waals surface area contributed by atoms with Crippen molar-refractivity contribution in [1.29, 1.82) is 0 Å². The fourth-order valence-corrected chi connectivity index (χ4v) is 3.36. The van der Waals surface area contributed by atoms with Crippen molar-refractivity contribution in [3.8, 4) is 0 Å². The molecule has 1 aromatic carbocycles. The van der Waals surface area contributed by atoms with Crippen molar-refractivity contribution >= 4 is 0 Å². The Bertz CT molecular complexity index is 376. The molecule has 0 aromatic heterocycles. The summed E-state index contributed by atoms with van der Waals surface area (Å²) in [6, 6.07) is 12.3. The minimum absolute atomic E-state index is 0.383. The normalized spacial score (nSPS) is 20.0. The fourth-order valence-electron chi connectivity index (χ4n) is 3.36. The Morgan fingerprint density at radius 2 is 1.90 bits per heavy atom. The van der Waals surface area contributed by atoms with Crippen LogP contribution in [0.25, 0.3) is 0 Å². The van der Waals surface area contributed by atoms with Gasteiger partial charge in [-0.1, -0.05) is 37.3 Å². The predicted molar refractivity (Wildman–Crippen MR) is 83.9 cm³/mol. The zero-order valence-corrected chi connectivity index (χ0v) is 13.0. The molecule has 0 aliphatic carbocycles. The number of nitrogens with one attached hydrogen (secondary N) is 1. The minimum Gasteiger partial charge on any atom is -0.381 e. The number of ether oxygens (including phenoxy) is 1. The molecule has 20 heavy (non-hydrogen) atoms. The number of benzene rings is 1. The average molecular weight is 276 g/mol. The first kappa shape index (κ1) is 15.5. The van der Waals surface area contributed by atoms with Crippen molar-refractivity contribution < 1.29 is 4.74 Å². The summed E-state index contributed by atoms with van der Waals surface area (Å²) in [7, 11) is 4.34. The van der Waals surface area contributed by atoms with Gasteiger partial charge in [0.2, 0.25) is 0 Å². The summed E-state index contributed by atoms with van der Waals surface area (Å²) in [5.74, 6) is 0. The third-order valence-corrected chi connectivity index (χ3v) is 4.56. The van der Waals surface area contributed by atoms with Gasteiger partial charge < -0.3 is 10.1 Å². The van der Waals surface area contributed by atoms with Crippen LogP contribution in [0.3, 0.4) is 0 Å². The van der Waals surface area contributed by atoms with Crippen LogP contribution >= 0.6 is 0 Å². The van der Waals surface area contributed by atoms with Gasteiger partial charge in [0.25, 0.3) is 0 Å². The quantitative estimate of drug-likeness (QED) is 0.864. The lowest BCUT2D eigenvalue weighted by Crippen LogP contribution is -2.48. The maximum atomic E-state index is 5.49. The molecule has 112 valence electrons. The van der Waals surface area contributed by atoms with Crippen molar-refractivity contribution in [2.24, 2.45) is 0 Å². The van der Waals surface area contributed by atoms with Gasteiger partial charge in [-0.3, -0.25) is 4.90 Å². The van der Waals surface area contributed by atoms with Crippen LogP contribution in [0, 0.1) is 0 Å². The van der Waals surface area contributed by atoms with Gasteiger partial charge in [0.1, 0.15) is 0 Å². The van der Waals surface area contributed by atoms with E-state index in [1.54, 1.807) is 0 Å². The van der Waals surface area contributed by atoms with E-state index in [1.165, 1.54) is 5.56 Å². The van der Waals surface area contributed by atoms with Crippen molar-refractivity contribution in [3.05, 3.63) is 35.9 Å². The molecular weight excluding hydrogens is 248 g/mol. The maximum Gasteiger partial charge on any atom is 0.0480 e. The monoisotopic (exact) mass is 276 g/mol. The van der Waals surface area contributed by atoms with Crippen LogP contribution in [-0.2, 0) is 4.74 Å². The van der Waals surface area contributed by atoms with Crippen LogP contribution in [0.15, 0.2) is 30.3 Å². The summed E-state index contributed by atoms with van der Waals surface area (Å²) >= 11 is 0. The van der Waals surface area contributed by atoms with Crippen LogP contribution in [0.1, 0.15) is 37.8 Å². The van der Waals surface area contributed by atoms with Crippen LogP contribution in [0.5, 0.6) is 0 Å². The SMILES string of the molecule is CCC(C(NC)c1ccccc1)N(C)C1CCOCC1. The van der Waals surface area contributed by atoms with E-state index in [4.69, 9.17) is 4.74 Å². The van der Waals surface area contributed by atoms with E-state index in [0.29, 0.717) is 18.1 Å². The third-order valence-electron chi connectivity index (χ3n) is 4.56. The molecule has 0 saturated carbocycles. The van der Waals surface area contributed by atoms with E-state index in [2.05, 4.69) is 61.6 Å². The fraction of sp³-hybridized carbons (Fsp3) is 0.647. The second-order valence-electron chi connectivity index (χ2n) is 5.66. The Kier molecular flexibility index (Phi) is 6.02. The van der Waals surface area contributed by atoms with Crippen LogP contribution < -0.4 is 5.32 Å². The number of hydrogen-bond acceptors (Lipinski definition) is 3. The lowest BCUT2D eigenvalue weighted by molar-refractivity contribution is 0.0210.